The summed E-state index contributed by atoms with van der Waals surface area (Å²) < 4.78 is 0. The molecule has 2 rings (SSSR count). The predicted molar refractivity (Wildman–Crippen MR) is 65.1 cm³/mol. The lowest BCUT2D eigenvalue weighted by atomic mass is 9.85. The maximum atomic E-state index is 2.47. The molecule has 0 aliphatic carbocycles. The van der Waals surface area contributed by atoms with Gasteiger partial charge in [-0.2, -0.15) is 0 Å². The van der Waals surface area contributed by atoms with Gasteiger partial charge in [-0.05, 0) is 43.8 Å². The van der Waals surface area contributed by atoms with Crippen LogP contribution in [0.1, 0.15) is 31.2 Å². The van der Waals surface area contributed by atoms with Crippen molar-refractivity contribution in [1.29, 1.82) is 0 Å². The van der Waals surface area contributed by atoms with E-state index in [9.17, 15) is 0 Å². The fourth-order valence-corrected chi connectivity index (χ4v) is 2.77. The largest absolute Gasteiger partial charge is 0.306 e. The molecule has 0 aromatic heterocycles. The van der Waals surface area contributed by atoms with Gasteiger partial charge in [-0.15, -0.1) is 0 Å². The summed E-state index contributed by atoms with van der Waals surface area (Å²) in [5.74, 6) is 1.54. The first-order valence-electron chi connectivity index (χ1n) is 6.01. The van der Waals surface area contributed by atoms with Gasteiger partial charge in [0.2, 0.25) is 0 Å². The summed E-state index contributed by atoms with van der Waals surface area (Å²) in [6.07, 6.45) is 2.68. The van der Waals surface area contributed by atoms with Gasteiger partial charge in [-0.1, -0.05) is 37.3 Å². The first kappa shape index (κ1) is 10.7. The van der Waals surface area contributed by atoms with Crippen LogP contribution in [0.3, 0.4) is 0 Å². The van der Waals surface area contributed by atoms with Gasteiger partial charge in [0.05, 0.1) is 0 Å². The summed E-state index contributed by atoms with van der Waals surface area (Å²) in [6.45, 7) is 4.88. The Kier molecular flexibility index (Phi) is 3.42. The number of hydrogen-bond acceptors (Lipinski definition) is 1. The van der Waals surface area contributed by atoms with Crippen LogP contribution in [0.5, 0.6) is 0 Å². The van der Waals surface area contributed by atoms with Crippen molar-refractivity contribution in [3.05, 3.63) is 35.9 Å². The first-order valence-corrected chi connectivity index (χ1v) is 6.01. The zero-order chi connectivity index (χ0) is 10.7. The topological polar surface area (TPSA) is 3.24 Å². The molecule has 0 unspecified atom stereocenters. The second-order valence-corrected chi connectivity index (χ2v) is 4.90. The molecule has 1 aliphatic heterocycles. The fourth-order valence-electron chi connectivity index (χ4n) is 2.77. The van der Waals surface area contributed by atoms with Crippen molar-refractivity contribution in [2.45, 2.75) is 25.7 Å². The van der Waals surface area contributed by atoms with E-state index in [0.29, 0.717) is 0 Å². The molecule has 1 aromatic rings. The quantitative estimate of drug-likeness (QED) is 0.678. The van der Waals surface area contributed by atoms with Gasteiger partial charge in [0.15, 0.2) is 0 Å². The van der Waals surface area contributed by atoms with Gasteiger partial charge in [0, 0.05) is 6.54 Å². The number of hydrogen-bond donors (Lipinski definition) is 0. The Hall–Kier alpha value is -0.820. The van der Waals surface area contributed by atoms with Crippen LogP contribution in [-0.2, 0) is 0 Å². The standard InChI is InChI=1S/C14H21N/c1-12-11-15(2)10-6-9-14(12)13-7-4-3-5-8-13/h3-5,7-8,12,14H,6,9-11H2,1-2H3/t12-,14-/m1/s1. The third-order valence-electron chi connectivity index (χ3n) is 3.57. The maximum Gasteiger partial charge on any atom is 0.000981 e. The average molecular weight is 203 g/mol. The fraction of sp³-hybridized carbons (Fsp3) is 0.571. The van der Waals surface area contributed by atoms with Crippen molar-refractivity contribution in [3.63, 3.8) is 0 Å². The van der Waals surface area contributed by atoms with E-state index in [1.165, 1.54) is 31.5 Å². The lowest BCUT2D eigenvalue weighted by Gasteiger charge is -2.23. The summed E-state index contributed by atoms with van der Waals surface area (Å²) in [4.78, 5) is 2.47. The van der Waals surface area contributed by atoms with Crippen LogP contribution >= 0.6 is 0 Å². The monoisotopic (exact) mass is 203 g/mol. The second kappa shape index (κ2) is 4.80. The van der Waals surface area contributed by atoms with Gasteiger partial charge in [0.25, 0.3) is 0 Å². The molecule has 1 aliphatic rings. The number of benzene rings is 1. The highest BCUT2D eigenvalue weighted by atomic mass is 15.1. The summed E-state index contributed by atoms with van der Waals surface area (Å²) in [7, 11) is 2.24. The highest BCUT2D eigenvalue weighted by molar-refractivity contribution is 5.20. The Morgan fingerprint density at radius 1 is 1.20 bits per heavy atom. The average Bonchev–Trinajstić information content (AvgIpc) is 2.40. The van der Waals surface area contributed by atoms with Gasteiger partial charge >= 0.3 is 0 Å². The molecule has 0 N–H and O–H groups in total. The molecule has 1 heterocycles. The van der Waals surface area contributed by atoms with Crippen LogP contribution < -0.4 is 0 Å². The van der Waals surface area contributed by atoms with E-state index in [1.54, 1.807) is 0 Å². The molecule has 0 spiro atoms. The normalized spacial score (nSPS) is 28.7. The second-order valence-electron chi connectivity index (χ2n) is 4.90. The molecular formula is C14H21N. The van der Waals surface area contributed by atoms with Crippen LogP contribution in [0.15, 0.2) is 30.3 Å². The summed E-state index contributed by atoms with van der Waals surface area (Å²) in [5, 5.41) is 0. The van der Waals surface area contributed by atoms with E-state index in [-0.39, 0.29) is 0 Å². The zero-order valence-electron chi connectivity index (χ0n) is 9.82. The molecule has 2 atom stereocenters. The number of nitrogens with zero attached hydrogens (tertiary/aromatic N) is 1. The van der Waals surface area contributed by atoms with Crippen molar-refractivity contribution in [2.75, 3.05) is 20.1 Å². The smallest absolute Gasteiger partial charge is 0.000981 e. The minimum Gasteiger partial charge on any atom is -0.306 e. The molecule has 0 amide bonds. The zero-order valence-corrected chi connectivity index (χ0v) is 9.82. The molecule has 1 nitrogen and oxygen atoms in total. The molecule has 1 heteroatoms. The first-order chi connectivity index (χ1) is 7.27. The molecular weight excluding hydrogens is 182 g/mol. The molecule has 0 radical (unpaired) electrons. The minimum atomic E-state index is 0.760. The van der Waals surface area contributed by atoms with E-state index in [0.717, 1.165) is 11.8 Å². The summed E-state index contributed by atoms with van der Waals surface area (Å²) >= 11 is 0. The van der Waals surface area contributed by atoms with Crippen molar-refractivity contribution < 1.29 is 0 Å². The Morgan fingerprint density at radius 2 is 1.93 bits per heavy atom. The molecule has 15 heavy (non-hydrogen) atoms. The molecule has 0 saturated carbocycles. The van der Waals surface area contributed by atoms with Crippen LogP contribution in [0.4, 0.5) is 0 Å². The molecule has 1 saturated heterocycles. The third-order valence-corrected chi connectivity index (χ3v) is 3.57. The van der Waals surface area contributed by atoms with Crippen LogP contribution in [0, 0.1) is 5.92 Å². The Balaban J connectivity index is 2.14. The van der Waals surface area contributed by atoms with Gasteiger partial charge in [-0.25, -0.2) is 0 Å². The highest BCUT2D eigenvalue weighted by Gasteiger charge is 2.23. The SMILES string of the molecule is C[C@@H]1CN(C)CCC[C@H]1c1ccccc1. The van der Waals surface area contributed by atoms with E-state index < -0.39 is 0 Å². The van der Waals surface area contributed by atoms with E-state index >= 15 is 0 Å². The van der Waals surface area contributed by atoms with E-state index in [4.69, 9.17) is 0 Å². The lowest BCUT2D eigenvalue weighted by molar-refractivity contribution is 0.300. The number of likely N-dealkylation sites (tertiary alicyclic amines) is 1. The lowest BCUT2D eigenvalue weighted by Crippen LogP contribution is -2.24. The third kappa shape index (κ3) is 2.60. The van der Waals surface area contributed by atoms with Gasteiger partial charge in [-0.3, -0.25) is 0 Å². The van der Waals surface area contributed by atoms with Crippen molar-refractivity contribution in [2.24, 2.45) is 5.92 Å². The summed E-state index contributed by atoms with van der Waals surface area (Å²) in [5.41, 5.74) is 1.53. The Bertz CT molecular complexity index is 293. The van der Waals surface area contributed by atoms with E-state index in [2.05, 4.69) is 49.2 Å². The summed E-state index contributed by atoms with van der Waals surface area (Å²) in [6, 6.07) is 11.0. The Labute approximate surface area is 93.1 Å². The van der Waals surface area contributed by atoms with Crippen LogP contribution in [0.25, 0.3) is 0 Å². The molecule has 82 valence electrons. The molecule has 0 bridgehead atoms. The maximum absolute atomic E-state index is 2.47. The molecule has 1 aromatic carbocycles. The van der Waals surface area contributed by atoms with Gasteiger partial charge in [0.1, 0.15) is 0 Å². The van der Waals surface area contributed by atoms with E-state index in [1.807, 2.05) is 0 Å². The predicted octanol–water partition coefficient (Wildman–Crippen LogP) is 3.13. The Morgan fingerprint density at radius 3 is 2.67 bits per heavy atom. The van der Waals surface area contributed by atoms with Crippen LogP contribution in [-0.4, -0.2) is 25.0 Å². The van der Waals surface area contributed by atoms with Crippen molar-refractivity contribution in [3.8, 4) is 0 Å². The molecule has 1 fully saturated rings. The van der Waals surface area contributed by atoms with Gasteiger partial charge < -0.3 is 4.90 Å². The van der Waals surface area contributed by atoms with Crippen LogP contribution in [0.2, 0.25) is 0 Å². The van der Waals surface area contributed by atoms with Crippen molar-refractivity contribution >= 4 is 0 Å². The minimum absolute atomic E-state index is 0.760. The number of rotatable bonds is 1. The van der Waals surface area contributed by atoms with Crippen molar-refractivity contribution in [1.82, 2.24) is 4.90 Å². The highest BCUT2D eigenvalue weighted by Crippen LogP contribution is 2.31.